The number of nitrogens with one attached hydrogen (secondary N) is 1. The summed E-state index contributed by atoms with van der Waals surface area (Å²) in [6, 6.07) is 6.13. The standard InChI is InChI=1S/C12H13F3N2O2S/c1-11(2,8-16)17-20(18,19)10-5-3-9(4-6-10)7-12(13,14)15/h3-6,17H,7H2,1-2H3. The van der Waals surface area contributed by atoms with Crippen LogP contribution in [0.3, 0.4) is 0 Å². The molecule has 0 aliphatic heterocycles. The Morgan fingerprint density at radius 3 is 2.10 bits per heavy atom. The smallest absolute Gasteiger partial charge is 0.207 e. The minimum Gasteiger partial charge on any atom is -0.207 e. The molecule has 20 heavy (non-hydrogen) atoms. The van der Waals surface area contributed by atoms with E-state index in [9.17, 15) is 21.6 Å². The number of nitrogens with zero attached hydrogens (tertiary/aromatic N) is 1. The van der Waals surface area contributed by atoms with Crippen LogP contribution in [-0.4, -0.2) is 20.1 Å². The summed E-state index contributed by atoms with van der Waals surface area (Å²) in [7, 11) is -3.94. The molecule has 1 aromatic carbocycles. The van der Waals surface area contributed by atoms with E-state index in [0.717, 1.165) is 24.3 Å². The molecule has 1 N–H and O–H groups in total. The molecule has 0 fully saturated rings. The van der Waals surface area contributed by atoms with Crippen molar-refractivity contribution < 1.29 is 21.6 Å². The van der Waals surface area contributed by atoms with Crippen LogP contribution in [-0.2, 0) is 16.4 Å². The van der Waals surface area contributed by atoms with Gasteiger partial charge >= 0.3 is 6.18 Å². The summed E-state index contributed by atoms with van der Waals surface area (Å²) >= 11 is 0. The van der Waals surface area contributed by atoms with Crippen LogP contribution in [0, 0.1) is 11.3 Å². The van der Waals surface area contributed by atoms with Crippen LogP contribution in [0.15, 0.2) is 29.2 Å². The molecule has 0 aliphatic rings. The zero-order valence-electron chi connectivity index (χ0n) is 10.8. The van der Waals surface area contributed by atoms with E-state index in [4.69, 9.17) is 5.26 Å². The third-order valence-corrected chi connectivity index (χ3v) is 3.98. The van der Waals surface area contributed by atoms with Crippen molar-refractivity contribution in [3.05, 3.63) is 29.8 Å². The molecule has 8 heteroatoms. The average Bonchev–Trinajstić information content (AvgIpc) is 2.26. The molecule has 0 amide bonds. The summed E-state index contributed by atoms with van der Waals surface area (Å²) in [6.45, 7) is 2.76. The van der Waals surface area contributed by atoms with Crippen molar-refractivity contribution in [2.75, 3.05) is 0 Å². The van der Waals surface area contributed by atoms with Crippen molar-refractivity contribution >= 4 is 10.0 Å². The van der Waals surface area contributed by atoms with Gasteiger partial charge in [-0.1, -0.05) is 12.1 Å². The molecule has 0 atom stereocenters. The first-order chi connectivity index (χ1) is 8.95. The van der Waals surface area contributed by atoms with Crippen molar-refractivity contribution in [1.29, 1.82) is 5.26 Å². The number of sulfonamides is 1. The van der Waals surface area contributed by atoms with E-state index in [0.29, 0.717) is 0 Å². The van der Waals surface area contributed by atoms with Gasteiger partial charge < -0.3 is 0 Å². The molecule has 110 valence electrons. The highest BCUT2D eigenvalue weighted by molar-refractivity contribution is 7.89. The molecule has 4 nitrogen and oxygen atoms in total. The maximum Gasteiger partial charge on any atom is 0.393 e. The lowest BCUT2D eigenvalue weighted by Gasteiger charge is -2.17. The predicted octanol–water partition coefficient (Wildman–Crippen LogP) is 2.37. The van der Waals surface area contributed by atoms with Crippen molar-refractivity contribution in [3.63, 3.8) is 0 Å². The number of halogens is 3. The lowest BCUT2D eigenvalue weighted by molar-refractivity contribution is -0.127. The maximum absolute atomic E-state index is 12.2. The topological polar surface area (TPSA) is 70.0 Å². The number of alkyl halides is 3. The molecular weight excluding hydrogens is 293 g/mol. The van der Waals surface area contributed by atoms with Crippen LogP contribution in [0.2, 0.25) is 0 Å². The molecule has 0 aromatic heterocycles. The van der Waals surface area contributed by atoms with Gasteiger partial charge in [0.05, 0.1) is 17.4 Å². The monoisotopic (exact) mass is 306 g/mol. The fourth-order valence-corrected chi connectivity index (χ4v) is 2.77. The summed E-state index contributed by atoms with van der Waals surface area (Å²) in [5.74, 6) is 0. The Balaban J connectivity index is 2.97. The van der Waals surface area contributed by atoms with E-state index in [1.165, 1.54) is 13.8 Å². The van der Waals surface area contributed by atoms with E-state index in [1.807, 2.05) is 0 Å². The van der Waals surface area contributed by atoms with Crippen LogP contribution in [0.25, 0.3) is 0 Å². The fraction of sp³-hybridized carbons (Fsp3) is 0.417. The van der Waals surface area contributed by atoms with E-state index in [-0.39, 0.29) is 10.5 Å². The predicted molar refractivity (Wildman–Crippen MR) is 66.2 cm³/mol. The number of benzene rings is 1. The molecule has 0 aliphatic carbocycles. The largest absolute Gasteiger partial charge is 0.393 e. The maximum atomic E-state index is 12.2. The van der Waals surface area contributed by atoms with Gasteiger partial charge in [-0.25, -0.2) is 8.42 Å². The third-order valence-electron chi connectivity index (χ3n) is 2.31. The summed E-state index contributed by atoms with van der Waals surface area (Å²) in [6.07, 6.45) is -5.47. The summed E-state index contributed by atoms with van der Waals surface area (Å²) < 4.78 is 62.5. The second-order valence-electron chi connectivity index (χ2n) is 4.78. The van der Waals surface area contributed by atoms with Crippen LogP contribution in [0.5, 0.6) is 0 Å². The first-order valence-corrected chi connectivity index (χ1v) is 7.04. The zero-order valence-corrected chi connectivity index (χ0v) is 11.6. The molecule has 0 heterocycles. The first kappa shape index (κ1) is 16.5. The Hall–Kier alpha value is -1.59. The number of hydrogen-bond acceptors (Lipinski definition) is 3. The SMILES string of the molecule is CC(C)(C#N)NS(=O)(=O)c1ccc(CC(F)(F)F)cc1. The van der Waals surface area contributed by atoms with Gasteiger partial charge in [0, 0.05) is 0 Å². The van der Waals surface area contributed by atoms with Gasteiger partial charge in [-0.05, 0) is 31.5 Å². The van der Waals surface area contributed by atoms with Crippen LogP contribution in [0.4, 0.5) is 13.2 Å². The van der Waals surface area contributed by atoms with Gasteiger partial charge in [-0.3, -0.25) is 0 Å². The molecule has 0 radical (unpaired) electrons. The molecule has 1 rings (SSSR count). The second-order valence-corrected chi connectivity index (χ2v) is 6.46. The second kappa shape index (κ2) is 5.42. The van der Waals surface area contributed by atoms with Gasteiger partial charge in [0.15, 0.2) is 0 Å². The average molecular weight is 306 g/mol. The Morgan fingerprint density at radius 2 is 1.70 bits per heavy atom. The van der Waals surface area contributed by atoms with Gasteiger partial charge in [0.2, 0.25) is 10.0 Å². The van der Waals surface area contributed by atoms with Crippen molar-refractivity contribution in [2.45, 2.75) is 36.9 Å². The van der Waals surface area contributed by atoms with Crippen LogP contribution >= 0.6 is 0 Å². The molecular formula is C12H13F3N2O2S. The van der Waals surface area contributed by atoms with Crippen molar-refractivity contribution in [2.24, 2.45) is 0 Å². The van der Waals surface area contributed by atoms with E-state index < -0.39 is 28.2 Å². The van der Waals surface area contributed by atoms with Crippen LogP contribution < -0.4 is 4.72 Å². The third kappa shape index (κ3) is 4.83. The summed E-state index contributed by atoms with van der Waals surface area (Å²) in [4.78, 5) is -0.188. The normalized spacial score (nSPS) is 13.0. The first-order valence-electron chi connectivity index (χ1n) is 5.56. The van der Waals surface area contributed by atoms with Crippen molar-refractivity contribution in [1.82, 2.24) is 4.72 Å². The molecule has 0 spiro atoms. The van der Waals surface area contributed by atoms with E-state index in [1.54, 1.807) is 6.07 Å². The quantitative estimate of drug-likeness (QED) is 0.928. The van der Waals surface area contributed by atoms with Crippen LogP contribution in [0.1, 0.15) is 19.4 Å². The number of hydrogen-bond donors (Lipinski definition) is 1. The Kier molecular flexibility index (Phi) is 4.46. The zero-order chi connectivity index (χ0) is 15.6. The minimum absolute atomic E-state index is 0.0315. The number of nitriles is 1. The van der Waals surface area contributed by atoms with E-state index in [2.05, 4.69) is 4.72 Å². The lowest BCUT2D eigenvalue weighted by atomic mass is 10.1. The molecule has 0 bridgehead atoms. The Morgan fingerprint density at radius 1 is 1.20 bits per heavy atom. The lowest BCUT2D eigenvalue weighted by Crippen LogP contribution is -2.41. The fourth-order valence-electron chi connectivity index (χ4n) is 1.44. The number of rotatable bonds is 4. The molecule has 0 unspecified atom stereocenters. The Labute approximate surface area is 115 Å². The Bertz CT molecular complexity index is 614. The summed E-state index contributed by atoms with van der Waals surface area (Å²) in [5, 5.41) is 8.77. The summed E-state index contributed by atoms with van der Waals surface area (Å²) in [5.41, 5.74) is -1.33. The molecule has 0 saturated heterocycles. The van der Waals surface area contributed by atoms with Gasteiger partial charge in [0.25, 0.3) is 0 Å². The molecule has 1 aromatic rings. The highest BCUT2D eigenvalue weighted by atomic mass is 32.2. The highest BCUT2D eigenvalue weighted by Crippen LogP contribution is 2.22. The van der Waals surface area contributed by atoms with Gasteiger partial charge in [0.1, 0.15) is 5.54 Å². The van der Waals surface area contributed by atoms with E-state index >= 15 is 0 Å². The van der Waals surface area contributed by atoms with Gasteiger partial charge in [-0.15, -0.1) is 0 Å². The van der Waals surface area contributed by atoms with Crippen molar-refractivity contribution in [3.8, 4) is 6.07 Å². The highest BCUT2D eigenvalue weighted by Gasteiger charge is 2.28. The molecule has 0 saturated carbocycles. The minimum atomic E-state index is -4.35. The van der Waals surface area contributed by atoms with Gasteiger partial charge in [-0.2, -0.15) is 23.2 Å².